The molecular weight excluding hydrogens is 156 g/mol. The van der Waals surface area contributed by atoms with E-state index in [9.17, 15) is 0 Å². The highest BCUT2D eigenvalue weighted by Crippen LogP contribution is 2.76. The van der Waals surface area contributed by atoms with Crippen molar-refractivity contribution in [2.45, 2.75) is 47.5 Å². The molecule has 4 unspecified atom stereocenters. The molecule has 2 aliphatic rings. The predicted molar refractivity (Wildman–Crippen MR) is 57.5 cm³/mol. The Bertz CT molecular complexity index is 196. The lowest BCUT2D eigenvalue weighted by Crippen LogP contribution is -2.37. The zero-order chi connectivity index (χ0) is 9.80. The SMILES string of the molecule is CC(C)CC1C(C)C12C(C)CC2C. The summed E-state index contributed by atoms with van der Waals surface area (Å²) in [4.78, 5) is 0. The highest BCUT2D eigenvalue weighted by Gasteiger charge is 2.71. The molecule has 0 aromatic carbocycles. The van der Waals surface area contributed by atoms with Gasteiger partial charge in [-0.15, -0.1) is 0 Å². The number of rotatable bonds is 2. The van der Waals surface area contributed by atoms with E-state index in [0.717, 1.165) is 35.0 Å². The Hall–Kier alpha value is 0. The molecule has 0 N–H and O–H groups in total. The Balaban J connectivity index is 2.03. The molecule has 0 heteroatoms. The van der Waals surface area contributed by atoms with Crippen molar-refractivity contribution in [1.29, 1.82) is 0 Å². The van der Waals surface area contributed by atoms with E-state index in [1.807, 2.05) is 0 Å². The van der Waals surface area contributed by atoms with Crippen molar-refractivity contribution in [3.63, 3.8) is 0 Å². The van der Waals surface area contributed by atoms with E-state index in [1.165, 1.54) is 12.8 Å². The van der Waals surface area contributed by atoms with Crippen molar-refractivity contribution in [3.8, 4) is 0 Å². The van der Waals surface area contributed by atoms with E-state index in [2.05, 4.69) is 34.6 Å². The molecule has 0 aliphatic heterocycles. The summed E-state index contributed by atoms with van der Waals surface area (Å²) in [7, 11) is 0. The molecule has 0 aromatic heterocycles. The summed E-state index contributed by atoms with van der Waals surface area (Å²) in [5.41, 5.74) is 0.796. The van der Waals surface area contributed by atoms with Gasteiger partial charge in [0.05, 0.1) is 0 Å². The van der Waals surface area contributed by atoms with E-state index in [4.69, 9.17) is 0 Å². The molecule has 2 saturated carbocycles. The number of hydrogen-bond acceptors (Lipinski definition) is 0. The van der Waals surface area contributed by atoms with Gasteiger partial charge >= 0.3 is 0 Å². The second-order valence-electron chi connectivity index (χ2n) is 6.06. The van der Waals surface area contributed by atoms with Crippen molar-refractivity contribution >= 4 is 0 Å². The Morgan fingerprint density at radius 1 is 1.15 bits per heavy atom. The van der Waals surface area contributed by atoms with E-state index in [1.54, 1.807) is 0 Å². The topological polar surface area (TPSA) is 0 Å². The molecule has 1 spiro atoms. The van der Waals surface area contributed by atoms with Crippen LogP contribution in [0.2, 0.25) is 0 Å². The van der Waals surface area contributed by atoms with Crippen LogP contribution in [0.1, 0.15) is 47.5 Å². The Morgan fingerprint density at radius 2 is 1.69 bits per heavy atom. The van der Waals surface area contributed by atoms with Crippen LogP contribution in [-0.4, -0.2) is 0 Å². The summed E-state index contributed by atoms with van der Waals surface area (Å²) in [6, 6.07) is 0. The molecule has 2 aliphatic carbocycles. The summed E-state index contributed by atoms with van der Waals surface area (Å²) in [5.74, 6) is 5.01. The molecule has 0 nitrogen and oxygen atoms in total. The van der Waals surface area contributed by atoms with Gasteiger partial charge in [0, 0.05) is 0 Å². The maximum Gasteiger partial charge on any atom is -0.0186 e. The standard InChI is InChI=1S/C13H24/c1-8(2)6-12-11(5)13(12)9(3)7-10(13)4/h8-12H,6-7H2,1-5H3. The van der Waals surface area contributed by atoms with Crippen LogP contribution in [0.4, 0.5) is 0 Å². The van der Waals surface area contributed by atoms with Crippen LogP contribution in [0.5, 0.6) is 0 Å². The fourth-order valence-electron chi connectivity index (χ4n) is 4.52. The summed E-state index contributed by atoms with van der Waals surface area (Å²) >= 11 is 0. The van der Waals surface area contributed by atoms with Gasteiger partial charge in [-0.05, 0) is 47.8 Å². The average Bonchev–Trinajstić information content (AvgIpc) is 2.59. The van der Waals surface area contributed by atoms with E-state index < -0.39 is 0 Å². The van der Waals surface area contributed by atoms with Crippen molar-refractivity contribution < 1.29 is 0 Å². The van der Waals surface area contributed by atoms with Gasteiger partial charge in [0.15, 0.2) is 0 Å². The minimum atomic E-state index is 0.796. The first-order chi connectivity index (χ1) is 6.01. The van der Waals surface area contributed by atoms with E-state index in [0.29, 0.717) is 0 Å². The van der Waals surface area contributed by atoms with Gasteiger partial charge in [0.2, 0.25) is 0 Å². The summed E-state index contributed by atoms with van der Waals surface area (Å²) < 4.78 is 0. The van der Waals surface area contributed by atoms with Gasteiger partial charge in [0.25, 0.3) is 0 Å². The summed E-state index contributed by atoms with van der Waals surface area (Å²) in [6.45, 7) is 12.2. The van der Waals surface area contributed by atoms with Gasteiger partial charge in [-0.2, -0.15) is 0 Å². The maximum absolute atomic E-state index is 2.49. The normalized spacial score (nSPS) is 54.0. The lowest BCUT2D eigenvalue weighted by atomic mass is 9.60. The van der Waals surface area contributed by atoms with Gasteiger partial charge in [-0.1, -0.05) is 34.6 Å². The smallest absolute Gasteiger partial charge is 0.0186 e. The molecule has 2 rings (SSSR count). The highest BCUT2D eigenvalue weighted by molar-refractivity contribution is 5.18. The molecule has 0 bridgehead atoms. The van der Waals surface area contributed by atoms with E-state index in [-0.39, 0.29) is 0 Å². The van der Waals surface area contributed by atoms with Gasteiger partial charge in [0.1, 0.15) is 0 Å². The minimum Gasteiger partial charge on any atom is -0.0628 e. The Kier molecular flexibility index (Phi) is 2.02. The molecule has 0 amide bonds. The van der Waals surface area contributed by atoms with Crippen LogP contribution < -0.4 is 0 Å². The Morgan fingerprint density at radius 3 is 2.00 bits per heavy atom. The third-order valence-corrected chi connectivity index (χ3v) is 5.06. The quantitative estimate of drug-likeness (QED) is 0.603. The third kappa shape index (κ3) is 1.04. The lowest BCUT2D eigenvalue weighted by molar-refractivity contribution is 0.0426. The monoisotopic (exact) mass is 180 g/mol. The predicted octanol–water partition coefficient (Wildman–Crippen LogP) is 3.96. The molecule has 13 heavy (non-hydrogen) atoms. The highest BCUT2D eigenvalue weighted by atomic mass is 14.7. The van der Waals surface area contributed by atoms with Crippen LogP contribution in [-0.2, 0) is 0 Å². The zero-order valence-electron chi connectivity index (χ0n) is 9.80. The maximum atomic E-state index is 2.49. The largest absolute Gasteiger partial charge is 0.0628 e. The first kappa shape index (κ1) is 9.55. The van der Waals surface area contributed by atoms with Crippen LogP contribution >= 0.6 is 0 Å². The first-order valence-corrected chi connectivity index (χ1v) is 6.01. The van der Waals surface area contributed by atoms with Crippen LogP contribution in [0.15, 0.2) is 0 Å². The second kappa shape index (κ2) is 2.74. The van der Waals surface area contributed by atoms with Gasteiger partial charge in [-0.25, -0.2) is 0 Å². The molecule has 0 saturated heterocycles. The molecule has 2 fully saturated rings. The second-order valence-corrected chi connectivity index (χ2v) is 6.06. The summed E-state index contributed by atoms with van der Waals surface area (Å²) in [6.07, 6.45) is 2.95. The average molecular weight is 180 g/mol. The zero-order valence-corrected chi connectivity index (χ0v) is 9.80. The fraction of sp³-hybridized carbons (Fsp3) is 1.00. The molecule has 0 heterocycles. The van der Waals surface area contributed by atoms with Gasteiger partial charge in [-0.3, -0.25) is 0 Å². The van der Waals surface area contributed by atoms with Crippen LogP contribution in [0.3, 0.4) is 0 Å². The summed E-state index contributed by atoms with van der Waals surface area (Å²) in [5, 5.41) is 0. The van der Waals surface area contributed by atoms with Crippen molar-refractivity contribution in [3.05, 3.63) is 0 Å². The van der Waals surface area contributed by atoms with Crippen molar-refractivity contribution in [2.75, 3.05) is 0 Å². The molecule has 4 atom stereocenters. The van der Waals surface area contributed by atoms with Gasteiger partial charge < -0.3 is 0 Å². The molecule has 0 radical (unpaired) electrons. The van der Waals surface area contributed by atoms with Crippen LogP contribution in [0.25, 0.3) is 0 Å². The Labute approximate surface area is 83.1 Å². The van der Waals surface area contributed by atoms with Crippen molar-refractivity contribution in [1.82, 2.24) is 0 Å². The van der Waals surface area contributed by atoms with Crippen LogP contribution in [0, 0.1) is 35.0 Å². The fourth-order valence-corrected chi connectivity index (χ4v) is 4.52. The van der Waals surface area contributed by atoms with E-state index >= 15 is 0 Å². The molecular formula is C13H24. The molecule has 76 valence electrons. The minimum absolute atomic E-state index is 0.796. The lowest BCUT2D eigenvalue weighted by Gasteiger charge is -2.44. The first-order valence-electron chi connectivity index (χ1n) is 6.01. The molecule has 0 aromatic rings. The number of hydrogen-bond donors (Lipinski definition) is 0. The van der Waals surface area contributed by atoms with Crippen molar-refractivity contribution in [2.24, 2.45) is 35.0 Å². The third-order valence-electron chi connectivity index (χ3n) is 5.06.